The highest BCUT2D eigenvalue weighted by Crippen LogP contribution is 2.10. The normalized spacial score (nSPS) is 10.1. The van der Waals surface area contributed by atoms with Gasteiger partial charge in [0.25, 0.3) is 0 Å². The molecule has 0 fully saturated rings. The molecule has 0 spiro atoms. The molecule has 1 N–H and O–H groups in total. The van der Waals surface area contributed by atoms with Crippen LogP contribution < -0.4 is 10.2 Å². The van der Waals surface area contributed by atoms with Crippen molar-refractivity contribution in [2.24, 2.45) is 0 Å². The Morgan fingerprint density at radius 2 is 2.22 bits per heavy atom. The highest BCUT2D eigenvalue weighted by molar-refractivity contribution is 5.34. The van der Waals surface area contributed by atoms with Gasteiger partial charge in [-0.15, -0.1) is 6.42 Å². The zero-order valence-corrected chi connectivity index (χ0v) is 11.5. The molecular weight excluding hydrogens is 224 g/mol. The molecule has 0 aliphatic carbocycles. The molecule has 4 nitrogen and oxygen atoms in total. The minimum absolute atomic E-state index is 0.545. The van der Waals surface area contributed by atoms with Crippen LogP contribution in [-0.4, -0.2) is 29.6 Å². The lowest BCUT2D eigenvalue weighted by Crippen LogP contribution is -2.25. The smallest absolute Gasteiger partial charge is 0.226 e. The van der Waals surface area contributed by atoms with Crippen LogP contribution in [0.25, 0.3) is 0 Å². The second-order valence-corrected chi connectivity index (χ2v) is 4.18. The number of rotatable bonds is 7. The van der Waals surface area contributed by atoms with Crippen LogP contribution in [0.4, 0.5) is 5.95 Å². The van der Waals surface area contributed by atoms with Gasteiger partial charge in [0, 0.05) is 30.5 Å². The van der Waals surface area contributed by atoms with Crippen molar-refractivity contribution in [3.8, 4) is 12.3 Å². The van der Waals surface area contributed by atoms with E-state index in [1.165, 1.54) is 0 Å². The summed E-state index contributed by atoms with van der Waals surface area (Å²) in [6.45, 7) is 9.41. The topological polar surface area (TPSA) is 41.1 Å². The molecule has 0 saturated carbocycles. The van der Waals surface area contributed by atoms with Crippen molar-refractivity contribution >= 4 is 5.95 Å². The molecule has 1 aromatic rings. The maximum absolute atomic E-state index is 5.33. The first kappa shape index (κ1) is 14.5. The number of hydrogen-bond donors (Lipinski definition) is 1. The van der Waals surface area contributed by atoms with E-state index in [9.17, 15) is 0 Å². The Kier molecular flexibility index (Phi) is 6.16. The van der Waals surface area contributed by atoms with Crippen molar-refractivity contribution in [1.29, 1.82) is 0 Å². The van der Waals surface area contributed by atoms with Crippen molar-refractivity contribution in [1.82, 2.24) is 15.3 Å². The minimum Gasteiger partial charge on any atom is -0.330 e. The molecule has 0 amide bonds. The van der Waals surface area contributed by atoms with Crippen molar-refractivity contribution in [2.45, 2.75) is 33.7 Å². The third-order valence-electron chi connectivity index (χ3n) is 2.76. The van der Waals surface area contributed by atoms with Crippen LogP contribution in [0.15, 0.2) is 6.20 Å². The van der Waals surface area contributed by atoms with Gasteiger partial charge in [0.1, 0.15) is 0 Å². The number of hydrogen-bond acceptors (Lipinski definition) is 4. The monoisotopic (exact) mass is 246 g/mol. The Morgan fingerprint density at radius 3 is 2.78 bits per heavy atom. The molecule has 0 aliphatic heterocycles. The average molecular weight is 246 g/mol. The average Bonchev–Trinajstić information content (AvgIpc) is 2.38. The summed E-state index contributed by atoms with van der Waals surface area (Å²) >= 11 is 0. The first-order valence-corrected chi connectivity index (χ1v) is 6.44. The molecule has 1 heterocycles. The molecule has 0 bridgehead atoms. The lowest BCUT2D eigenvalue weighted by Gasteiger charge is -2.18. The van der Waals surface area contributed by atoms with Crippen molar-refractivity contribution in [3.05, 3.63) is 17.5 Å². The van der Waals surface area contributed by atoms with Gasteiger partial charge in [-0.2, -0.15) is 0 Å². The SMILES string of the molecule is C#CCN(CC)c1ncc(CNCCC)c(C)n1. The summed E-state index contributed by atoms with van der Waals surface area (Å²) in [5.74, 6) is 3.34. The summed E-state index contributed by atoms with van der Waals surface area (Å²) in [5, 5.41) is 3.35. The number of aromatic nitrogens is 2. The zero-order valence-electron chi connectivity index (χ0n) is 11.5. The van der Waals surface area contributed by atoms with Gasteiger partial charge in [-0.3, -0.25) is 0 Å². The zero-order chi connectivity index (χ0) is 13.4. The quantitative estimate of drug-likeness (QED) is 0.588. The van der Waals surface area contributed by atoms with Gasteiger partial charge in [-0.05, 0) is 26.8 Å². The van der Waals surface area contributed by atoms with Gasteiger partial charge in [-0.25, -0.2) is 9.97 Å². The molecule has 0 unspecified atom stereocenters. The Hall–Kier alpha value is -1.60. The van der Waals surface area contributed by atoms with E-state index < -0.39 is 0 Å². The third kappa shape index (κ3) is 4.01. The number of anilines is 1. The second kappa shape index (κ2) is 7.67. The Morgan fingerprint density at radius 1 is 1.44 bits per heavy atom. The van der Waals surface area contributed by atoms with Gasteiger partial charge >= 0.3 is 0 Å². The highest BCUT2D eigenvalue weighted by Gasteiger charge is 2.08. The summed E-state index contributed by atoms with van der Waals surface area (Å²) in [4.78, 5) is 10.9. The molecule has 98 valence electrons. The molecule has 4 heteroatoms. The molecule has 0 radical (unpaired) electrons. The summed E-state index contributed by atoms with van der Waals surface area (Å²) in [5.41, 5.74) is 2.16. The molecule has 1 rings (SSSR count). The van der Waals surface area contributed by atoms with E-state index in [1.54, 1.807) is 0 Å². The van der Waals surface area contributed by atoms with Gasteiger partial charge in [0.05, 0.1) is 6.54 Å². The van der Waals surface area contributed by atoms with Crippen LogP contribution in [0.5, 0.6) is 0 Å². The van der Waals surface area contributed by atoms with Crippen molar-refractivity contribution in [3.63, 3.8) is 0 Å². The molecule has 18 heavy (non-hydrogen) atoms. The standard InChI is InChI=1S/C14H22N4/c1-5-8-15-10-13-11-16-14(17-12(13)4)18(7-3)9-6-2/h2,11,15H,5,7-10H2,1,3-4H3. The molecule has 0 aromatic carbocycles. The Balaban J connectivity index is 2.75. The summed E-state index contributed by atoms with van der Waals surface area (Å²) in [6, 6.07) is 0. The fourth-order valence-electron chi connectivity index (χ4n) is 1.64. The van der Waals surface area contributed by atoms with Gasteiger partial charge < -0.3 is 10.2 Å². The van der Waals surface area contributed by atoms with E-state index in [0.717, 1.165) is 37.3 Å². The molecule has 0 atom stereocenters. The van der Waals surface area contributed by atoms with Crippen LogP contribution in [-0.2, 0) is 6.54 Å². The van der Waals surface area contributed by atoms with Crippen LogP contribution in [0.3, 0.4) is 0 Å². The fourth-order valence-corrected chi connectivity index (χ4v) is 1.64. The molecule has 1 aromatic heterocycles. The van der Waals surface area contributed by atoms with E-state index in [2.05, 4.69) is 28.1 Å². The fraction of sp³-hybridized carbons (Fsp3) is 0.571. The lowest BCUT2D eigenvalue weighted by atomic mass is 10.2. The summed E-state index contributed by atoms with van der Waals surface area (Å²) in [7, 11) is 0. The van der Waals surface area contributed by atoms with Crippen LogP contribution in [0.2, 0.25) is 0 Å². The van der Waals surface area contributed by atoms with E-state index in [4.69, 9.17) is 6.42 Å². The van der Waals surface area contributed by atoms with E-state index in [1.807, 2.05) is 24.9 Å². The first-order chi connectivity index (χ1) is 8.72. The van der Waals surface area contributed by atoms with Crippen LogP contribution >= 0.6 is 0 Å². The maximum Gasteiger partial charge on any atom is 0.226 e. The van der Waals surface area contributed by atoms with Crippen LogP contribution in [0.1, 0.15) is 31.5 Å². The van der Waals surface area contributed by atoms with Crippen LogP contribution in [0, 0.1) is 19.3 Å². The highest BCUT2D eigenvalue weighted by atomic mass is 15.2. The lowest BCUT2D eigenvalue weighted by molar-refractivity contribution is 0.667. The van der Waals surface area contributed by atoms with Gasteiger partial charge in [-0.1, -0.05) is 12.8 Å². The number of terminal acetylenes is 1. The molecular formula is C14H22N4. The van der Waals surface area contributed by atoms with Gasteiger partial charge in [0.15, 0.2) is 0 Å². The Labute approximate surface area is 110 Å². The predicted octanol–water partition coefficient (Wildman–Crippen LogP) is 1.74. The maximum atomic E-state index is 5.33. The van der Waals surface area contributed by atoms with E-state index in [-0.39, 0.29) is 0 Å². The largest absolute Gasteiger partial charge is 0.330 e. The third-order valence-corrected chi connectivity index (χ3v) is 2.76. The van der Waals surface area contributed by atoms with Crippen molar-refractivity contribution in [2.75, 3.05) is 24.5 Å². The summed E-state index contributed by atoms with van der Waals surface area (Å²) in [6.07, 6.45) is 8.35. The van der Waals surface area contributed by atoms with E-state index in [0.29, 0.717) is 12.5 Å². The second-order valence-electron chi connectivity index (χ2n) is 4.18. The molecule has 0 aliphatic rings. The Bertz CT molecular complexity index is 409. The number of nitrogens with one attached hydrogen (secondary N) is 1. The predicted molar refractivity (Wildman–Crippen MR) is 75.5 cm³/mol. The van der Waals surface area contributed by atoms with Crippen molar-refractivity contribution < 1.29 is 0 Å². The number of nitrogens with zero attached hydrogens (tertiary/aromatic N) is 3. The minimum atomic E-state index is 0.545. The first-order valence-electron chi connectivity index (χ1n) is 6.44. The van der Waals surface area contributed by atoms with E-state index >= 15 is 0 Å². The molecule has 0 saturated heterocycles. The van der Waals surface area contributed by atoms with Gasteiger partial charge in [0.2, 0.25) is 5.95 Å². The number of aryl methyl sites for hydroxylation is 1. The summed E-state index contributed by atoms with van der Waals surface area (Å²) < 4.78 is 0.